The van der Waals surface area contributed by atoms with Crippen molar-refractivity contribution in [3.8, 4) is 5.75 Å². The zero-order valence-corrected chi connectivity index (χ0v) is 14.0. The lowest BCUT2D eigenvalue weighted by molar-refractivity contribution is -0.385. The van der Waals surface area contributed by atoms with Gasteiger partial charge in [0.25, 0.3) is 0 Å². The van der Waals surface area contributed by atoms with Gasteiger partial charge in [0.05, 0.1) is 11.5 Å². The van der Waals surface area contributed by atoms with E-state index in [0.29, 0.717) is 0 Å². The summed E-state index contributed by atoms with van der Waals surface area (Å²) in [6.07, 6.45) is 0. The van der Waals surface area contributed by atoms with Crippen LogP contribution in [0.5, 0.6) is 5.75 Å². The van der Waals surface area contributed by atoms with E-state index < -0.39 is 10.9 Å². The summed E-state index contributed by atoms with van der Waals surface area (Å²) < 4.78 is 10.0. The Balaban J connectivity index is 2.08. The molecule has 7 heteroatoms. The highest BCUT2D eigenvalue weighted by Gasteiger charge is 2.17. The molecule has 0 aliphatic heterocycles. The van der Waals surface area contributed by atoms with Crippen molar-refractivity contribution >= 4 is 23.4 Å². The van der Waals surface area contributed by atoms with E-state index in [1.165, 1.54) is 17.8 Å². The van der Waals surface area contributed by atoms with Gasteiger partial charge in [0.1, 0.15) is 0 Å². The molecule has 0 radical (unpaired) electrons. The fourth-order valence-electron chi connectivity index (χ4n) is 1.93. The molecule has 0 unspecified atom stereocenters. The van der Waals surface area contributed by atoms with Crippen LogP contribution in [0.2, 0.25) is 0 Å². The molecular weight excluding hydrogens is 330 g/mol. The monoisotopic (exact) mass is 347 g/mol. The van der Waals surface area contributed by atoms with E-state index in [0.717, 1.165) is 16.2 Å². The number of esters is 1. The first kappa shape index (κ1) is 17.8. The molecule has 0 saturated heterocycles. The minimum absolute atomic E-state index is 0.0612. The Kier molecular flexibility index (Phi) is 6.62. The smallest absolute Gasteiger partial charge is 0.344 e. The van der Waals surface area contributed by atoms with Crippen LogP contribution in [-0.4, -0.2) is 24.1 Å². The van der Waals surface area contributed by atoms with Gasteiger partial charge in [-0.1, -0.05) is 30.3 Å². The van der Waals surface area contributed by atoms with Crippen LogP contribution in [0.15, 0.2) is 53.4 Å². The average molecular weight is 347 g/mol. The molecule has 0 spiro atoms. The maximum atomic E-state index is 11.4. The third-order valence-electron chi connectivity index (χ3n) is 3.03. The number of carbonyl (C=O) groups is 1. The SMILES string of the molecule is CCOC(=O)COc1cc(SCc2ccccc2)ccc1[N+](=O)[O-]. The van der Waals surface area contributed by atoms with Gasteiger partial charge < -0.3 is 9.47 Å². The van der Waals surface area contributed by atoms with Crippen molar-refractivity contribution in [1.29, 1.82) is 0 Å². The molecule has 0 saturated carbocycles. The molecule has 0 fully saturated rings. The number of nitrogens with zero attached hydrogens (tertiary/aromatic N) is 1. The Morgan fingerprint density at radius 3 is 2.62 bits per heavy atom. The molecule has 6 nitrogen and oxygen atoms in total. The van der Waals surface area contributed by atoms with Crippen molar-refractivity contribution in [2.24, 2.45) is 0 Å². The van der Waals surface area contributed by atoms with Crippen LogP contribution in [0.3, 0.4) is 0 Å². The molecule has 0 atom stereocenters. The second-order valence-electron chi connectivity index (χ2n) is 4.75. The number of nitro benzene ring substituents is 1. The molecule has 2 aromatic carbocycles. The second-order valence-corrected chi connectivity index (χ2v) is 5.80. The number of nitro groups is 1. The largest absolute Gasteiger partial charge is 0.475 e. The highest BCUT2D eigenvalue weighted by Crippen LogP contribution is 2.33. The minimum atomic E-state index is -0.561. The fraction of sp³-hybridized carbons (Fsp3) is 0.235. The van der Waals surface area contributed by atoms with E-state index in [-0.39, 0.29) is 24.7 Å². The van der Waals surface area contributed by atoms with E-state index in [1.807, 2.05) is 30.3 Å². The number of rotatable bonds is 8. The second kappa shape index (κ2) is 8.93. The summed E-state index contributed by atoms with van der Waals surface area (Å²) in [6, 6.07) is 14.5. The van der Waals surface area contributed by atoms with Gasteiger partial charge in [-0.05, 0) is 18.6 Å². The van der Waals surface area contributed by atoms with Crippen LogP contribution in [0, 0.1) is 10.1 Å². The number of carbonyl (C=O) groups excluding carboxylic acids is 1. The lowest BCUT2D eigenvalue weighted by Gasteiger charge is -2.08. The van der Waals surface area contributed by atoms with E-state index in [4.69, 9.17) is 9.47 Å². The van der Waals surface area contributed by atoms with Crippen molar-refractivity contribution in [3.05, 3.63) is 64.2 Å². The third-order valence-corrected chi connectivity index (χ3v) is 4.09. The summed E-state index contributed by atoms with van der Waals surface area (Å²) in [5, 5.41) is 11.1. The number of hydrogen-bond acceptors (Lipinski definition) is 6. The molecule has 2 rings (SSSR count). The van der Waals surface area contributed by atoms with E-state index in [9.17, 15) is 14.9 Å². The van der Waals surface area contributed by atoms with Gasteiger partial charge >= 0.3 is 11.7 Å². The maximum absolute atomic E-state index is 11.4. The molecule has 126 valence electrons. The third kappa shape index (κ3) is 5.27. The average Bonchev–Trinajstić information content (AvgIpc) is 2.59. The summed E-state index contributed by atoms with van der Waals surface area (Å²) in [6.45, 7) is 1.56. The Morgan fingerprint density at radius 2 is 1.96 bits per heavy atom. The molecule has 0 heterocycles. The molecule has 24 heavy (non-hydrogen) atoms. The summed E-state index contributed by atoms with van der Waals surface area (Å²) in [5.74, 6) is 0.232. The molecule has 0 aliphatic carbocycles. The van der Waals surface area contributed by atoms with E-state index >= 15 is 0 Å². The lowest BCUT2D eigenvalue weighted by atomic mass is 10.2. The molecule has 0 amide bonds. The van der Waals surface area contributed by atoms with Crippen LogP contribution < -0.4 is 4.74 Å². The van der Waals surface area contributed by atoms with Crippen LogP contribution in [0.1, 0.15) is 12.5 Å². The van der Waals surface area contributed by atoms with Crippen molar-refractivity contribution in [3.63, 3.8) is 0 Å². The molecule has 0 aliphatic rings. The zero-order chi connectivity index (χ0) is 17.4. The van der Waals surface area contributed by atoms with Crippen molar-refractivity contribution in [2.45, 2.75) is 17.6 Å². The number of ether oxygens (including phenoxy) is 2. The number of benzene rings is 2. The van der Waals surface area contributed by atoms with Crippen LogP contribution in [0.25, 0.3) is 0 Å². The first-order valence-electron chi connectivity index (χ1n) is 7.33. The summed E-state index contributed by atoms with van der Waals surface area (Å²) >= 11 is 1.53. The minimum Gasteiger partial charge on any atom is -0.475 e. The quantitative estimate of drug-likeness (QED) is 0.312. The van der Waals surface area contributed by atoms with Crippen molar-refractivity contribution < 1.29 is 19.2 Å². The first-order chi connectivity index (χ1) is 11.6. The van der Waals surface area contributed by atoms with Gasteiger partial charge in [0.2, 0.25) is 0 Å². The Labute approximate surface area is 143 Å². The zero-order valence-electron chi connectivity index (χ0n) is 13.1. The topological polar surface area (TPSA) is 78.7 Å². The molecular formula is C17H17NO5S. The van der Waals surface area contributed by atoms with Gasteiger partial charge in [-0.25, -0.2) is 4.79 Å². The Bertz CT molecular complexity index is 705. The Hall–Kier alpha value is -2.54. The predicted octanol–water partition coefficient (Wildman–Crippen LogP) is 3.83. The van der Waals surface area contributed by atoms with Crippen molar-refractivity contribution in [1.82, 2.24) is 0 Å². The first-order valence-corrected chi connectivity index (χ1v) is 8.32. The normalized spacial score (nSPS) is 10.2. The van der Waals surface area contributed by atoms with Crippen LogP contribution >= 0.6 is 11.8 Å². The highest BCUT2D eigenvalue weighted by molar-refractivity contribution is 7.98. The lowest BCUT2D eigenvalue weighted by Crippen LogP contribution is -2.15. The van der Waals surface area contributed by atoms with Gasteiger partial charge in [-0.2, -0.15) is 0 Å². The molecule has 0 aromatic heterocycles. The number of hydrogen-bond donors (Lipinski definition) is 0. The fourth-order valence-corrected chi connectivity index (χ4v) is 2.81. The van der Waals surface area contributed by atoms with Gasteiger partial charge in [0, 0.05) is 22.8 Å². The van der Waals surface area contributed by atoms with Gasteiger partial charge in [-0.3, -0.25) is 10.1 Å². The number of thioether (sulfide) groups is 1. The molecule has 0 N–H and O–H groups in total. The maximum Gasteiger partial charge on any atom is 0.344 e. The van der Waals surface area contributed by atoms with E-state index in [1.54, 1.807) is 19.1 Å². The Morgan fingerprint density at radius 1 is 1.21 bits per heavy atom. The van der Waals surface area contributed by atoms with Gasteiger partial charge in [0.15, 0.2) is 12.4 Å². The molecule has 0 bridgehead atoms. The standard InChI is InChI=1S/C17H17NO5S/c1-2-22-17(19)11-23-16-10-14(8-9-15(16)18(20)21)24-12-13-6-4-3-5-7-13/h3-10H,2,11-12H2,1H3. The summed E-state index contributed by atoms with van der Waals surface area (Å²) in [5.41, 5.74) is 0.971. The van der Waals surface area contributed by atoms with E-state index in [2.05, 4.69) is 0 Å². The van der Waals surface area contributed by atoms with Crippen LogP contribution in [0.4, 0.5) is 5.69 Å². The summed E-state index contributed by atoms with van der Waals surface area (Å²) in [4.78, 5) is 22.7. The summed E-state index contributed by atoms with van der Waals surface area (Å²) in [7, 11) is 0. The van der Waals surface area contributed by atoms with Crippen LogP contribution in [-0.2, 0) is 15.3 Å². The highest BCUT2D eigenvalue weighted by atomic mass is 32.2. The van der Waals surface area contributed by atoms with Crippen molar-refractivity contribution in [2.75, 3.05) is 13.2 Å². The van der Waals surface area contributed by atoms with Gasteiger partial charge in [-0.15, -0.1) is 11.8 Å². The predicted molar refractivity (Wildman–Crippen MR) is 91.2 cm³/mol. The molecule has 2 aromatic rings.